The van der Waals surface area contributed by atoms with E-state index >= 15 is 0 Å². The van der Waals surface area contributed by atoms with Gasteiger partial charge in [-0.05, 0) is 30.3 Å². The lowest BCUT2D eigenvalue weighted by atomic mass is 10.2. The Bertz CT molecular complexity index is 531. The molecule has 1 aromatic carbocycles. The van der Waals surface area contributed by atoms with Crippen molar-refractivity contribution < 1.29 is 9.53 Å². The van der Waals surface area contributed by atoms with Gasteiger partial charge in [-0.2, -0.15) is 5.10 Å². The lowest BCUT2D eigenvalue weighted by molar-refractivity contribution is 0.0950. The van der Waals surface area contributed by atoms with E-state index in [0.717, 1.165) is 11.4 Å². The average Bonchev–Trinajstić information content (AvgIpc) is 2.82. The van der Waals surface area contributed by atoms with Crippen LogP contribution in [0, 0.1) is 0 Å². The number of aromatic nitrogens is 2. The third kappa shape index (κ3) is 2.88. The maximum atomic E-state index is 11.8. The number of amides is 1. The highest BCUT2D eigenvalue weighted by Crippen LogP contribution is 2.11. The molecule has 0 aliphatic heterocycles. The monoisotopic (exact) mass is 245 g/mol. The topological polar surface area (TPSA) is 56.1 Å². The predicted molar refractivity (Wildman–Crippen MR) is 67.4 cm³/mol. The van der Waals surface area contributed by atoms with Crippen LogP contribution in [0.4, 0.5) is 0 Å². The third-order valence-corrected chi connectivity index (χ3v) is 2.55. The molecule has 0 saturated heterocycles. The maximum absolute atomic E-state index is 11.8. The van der Waals surface area contributed by atoms with Crippen molar-refractivity contribution in [2.75, 3.05) is 7.11 Å². The first-order chi connectivity index (χ1) is 8.69. The number of carbonyl (C=O) groups is 1. The first kappa shape index (κ1) is 12.2. The lowest BCUT2D eigenvalue weighted by Crippen LogP contribution is -2.23. The van der Waals surface area contributed by atoms with Crippen LogP contribution >= 0.6 is 0 Å². The molecule has 0 aliphatic carbocycles. The van der Waals surface area contributed by atoms with Crippen molar-refractivity contribution in [3.8, 4) is 5.75 Å². The van der Waals surface area contributed by atoms with Crippen molar-refractivity contribution in [2.45, 2.75) is 6.54 Å². The zero-order valence-corrected chi connectivity index (χ0v) is 10.4. The molecule has 18 heavy (non-hydrogen) atoms. The van der Waals surface area contributed by atoms with Gasteiger partial charge in [0.2, 0.25) is 0 Å². The van der Waals surface area contributed by atoms with Crippen molar-refractivity contribution in [3.05, 3.63) is 47.8 Å². The molecule has 0 atom stereocenters. The molecule has 0 bridgehead atoms. The fourth-order valence-electron chi connectivity index (χ4n) is 1.57. The molecule has 0 unspecified atom stereocenters. The van der Waals surface area contributed by atoms with E-state index in [1.54, 1.807) is 36.1 Å². The summed E-state index contributed by atoms with van der Waals surface area (Å²) in [6, 6.07) is 8.85. The van der Waals surface area contributed by atoms with E-state index in [2.05, 4.69) is 10.4 Å². The molecule has 1 N–H and O–H groups in total. The van der Waals surface area contributed by atoms with Gasteiger partial charge in [0, 0.05) is 18.8 Å². The highest BCUT2D eigenvalue weighted by molar-refractivity contribution is 5.94. The minimum absolute atomic E-state index is 0.122. The van der Waals surface area contributed by atoms with E-state index in [0.29, 0.717) is 12.1 Å². The summed E-state index contributed by atoms with van der Waals surface area (Å²) in [5.74, 6) is 0.611. The van der Waals surface area contributed by atoms with Crippen molar-refractivity contribution in [1.82, 2.24) is 15.1 Å². The predicted octanol–water partition coefficient (Wildman–Crippen LogP) is 1.36. The Balaban J connectivity index is 1.94. The second-order valence-corrected chi connectivity index (χ2v) is 3.89. The van der Waals surface area contributed by atoms with Crippen LogP contribution in [0.25, 0.3) is 0 Å². The van der Waals surface area contributed by atoms with Gasteiger partial charge in [0.15, 0.2) is 0 Å². The number of carbonyl (C=O) groups excluding carboxylic acids is 1. The van der Waals surface area contributed by atoms with Gasteiger partial charge in [0.1, 0.15) is 5.75 Å². The summed E-state index contributed by atoms with van der Waals surface area (Å²) in [4.78, 5) is 11.8. The van der Waals surface area contributed by atoms with Gasteiger partial charge >= 0.3 is 0 Å². The second kappa shape index (κ2) is 5.35. The normalized spacial score (nSPS) is 10.1. The number of nitrogens with one attached hydrogen (secondary N) is 1. The van der Waals surface area contributed by atoms with E-state index in [9.17, 15) is 4.79 Å². The zero-order chi connectivity index (χ0) is 13.0. The molecule has 2 rings (SSSR count). The molecule has 5 heteroatoms. The van der Waals surface area contributed by atoms with Gasteiger partial charge < -0.3 is 10.1 Å². The molecule has 2 aromatic rings. The Kier molecular flexibility index (Phi) is 3.62. The molecule has 0 aliphatic rings. The first-order valence-corrected chi connectivity index (χ1v) is 5.60. The third-order valence-electron chi connectivity index (χ3n) is 2.55. The van der Waals surface area contributed by atoms with Crippen LogP contribution in [0.1, 0.15) is 16.1 Å². The number of rotatable bonds is 4. The molecule has 1 heterocycles. The maximum Gasteiger partial charge on any atom is 0.251 e. The summed E-state index contributed by atoms with van der Waals surface area (Å²) < 4.78 is 6.74. The van der Waals surface area contributed by atoms with Crippen LogP contribution in [0.5, 0.6) is 5.75 Å². The summed E-state index contributed by atoms with van der Waals surface area (Å²) in [6.45, 7) is 0.422. The SMILES string of the molecule is COc1ccc(C(=O)NCc2ccn(C)n2)cc1. The number of nitrogens with zero attached hydrogens (tertiary/aromatic N) is 2. The zero-order valence-electron chi connectivity index (χ0n) is 10.4. The summed E-state index contributed by atoms with van der Waals surface area (Å²) in [5.41, 5.74) is 1.44. The van der Waals surface area contributed by atoms with Gasteiger partial charge in [0.05, 0.1) is 19.3 Å². The van der Waals surface area contributed by atoms with E-state index in [1.165, 1.54) is 0 Å². The molecular formula is C13H15N3O2. The van der Waals surface area contributed by atoms with E-state index in [4.69, 9.17) is 4.74 Å². The minimum atomic E-state index is -0.122. The highest BCUT2D eigenvalue weighted by atomic mass is 16.5. The molecular weight excluding hydrogens is 230 g/mol. The molecule has 1 aromatic heterocycles. The van der Waals surface area contributed by atoms with Crippen LogP contribution in [-0.4, -0.2) is 22.8 Å². The molecule has 0 spiro atoms. The van der Waals surface area contributed by atoms with Crippen LogP contribution in [0.2, 0.25) is 0 Å². The van der Waals surface area contributed by atoms with Crippen LogP contribution in [-0.2, 0) is 13.6 Å². The molecule has 5 nitrogen and oxygen atoms in total. The van der Waals surface area contributed by atoms with Gasteiger partial charge in [-0.1, -0.05) is 0 Å². The fraction of sp³-hybridized carbons (Fsp3) is 0.231. The largest absolute Gasteiger partial charge is 0.497 e. The standard InChI is InChI=1S/C13H15N3O2/c1-16-8-7-11(15-16)9-14-13(17)10-3-5-12(18-2)6-4-10/h3-8H,9H2,1-2H3,(H,14,17). The van der Waals surface area contributed by atoms with E-state index in [-0.39, 0.29) is 5.91 Å². The number of hydrogen-bond donors (Lipinski definition) is 1. The summed E-state index contributed by atoms with van der Waals surface area (Å²) in [7, 11) is 3.44. The Hall–Kier alpha value is -2.30. The Morgan fingerprint density at radius 3 is 2.61 bits per heavy atom. The Labute approximate surface area is 105 Å². The van der Waals surface area contributed by atoms with Gasteiger partial charge in [-0.15, -0.1) is 0 Å². The van der Waals surface area contributed by atoms with Crippen LogP contribution < -0.4 is 10.1 Å². The van der Waals surface area contributed by atoms with Crippen LogP contribution in [0.15, 0.2) is 36.5 Å². The Morgan fingerprint density at radius 1 is 1.33 bits per heavy atom. The van der Waals surface area contributed by atoms with E-state index in [1.807, 2.05) is 19.3 Å². The van der Waals surface area contributed by atoms with Gasteiger partial charge in [-0.25, -0.2) is 0 Å². The smallest absolute Gasteiger partial charge is 0.251 e. The van der Waals surface area contributed by atoms with Crippen molar-refractivity contribution >= 4 is 5.91 Å². The number of benzene rings is 1. The molecule has 1 amide bonds. The quantitative estimate of drug-likeness (QED) is 0.884. The van der Waals surface area contributed by atoms with Crippen molar-refractivity contribution in [2.24, 2.45) is 7.05 Å². The first-order valence-electron chi connectivity index (χ1n) is 5.60. The summed E-state index contributed by atoms with van der Waals surface area (Å²) >= 11 is 0. The molecule has 0 radical (unpaired) electrons. The minimum Gasteiger partial charge on any atom is -0.497 e. The molecule has 94 valence electrons. The lowest BCUT2D eigenvalue weighted by Gasteiger charge is -2.04. The number of aryl methyl sites for hydroxylation is 1. The van der Waals surface area contributed by atoms with Crippen molar-refractivity contribution in [1.29, 1.82) is 0 Å². The van der Waals surface area contributed by atoms with Crippen molar-refractivity contribution in [3.63, 3.8) is 0 Å². The number of methoxy groups -OCH3 is 1. The number of hydrogen-bond acceptors (Lipinski definition) is 3. The fourth-order valence-corrected chi connectivity index (χ4v) is 1.57. The molecule has 0 saturated carbocycles. The highest BCUT2D eigenvalue weighted by Gasteiger charge is 2.06. The van der Waals surface area contributed by atoms with Gasteiger partial charge in [0.25, 0.3) is 5.91 Å². The number of ether oxygens (including phenoxy) is 1. The Morgan fingerprint density at radius 2 is 2.06 bits per heavy atom. The molecule has 0 fully saturated rings. The second-order valence-electron chi connectivity index (χ2n) is 3.89. The average molecular weight is 245 g/mol. The summed E-state index contributed by atoms with van der Waals surface area (Å²) in [6.07, 6.45) is 1.84. The van der Waals surface area contributed by atoms with E-state index < -0.39 is 0 Å². The summed E-state index contributed by atoms with van der Waals surface area (Å²) in [5, 5.41) is 7.00. The van der Waals surface area contributed by atoms with Crippen LogP contribution in [0.3, 0.4) is 0 Å². The van der Waals surface area contributed by atoms with Gasteiger partial charge in [-0.3, -0.25) is 9.48 Å².